The number of carbonyl (C=O) groups is 2. The summed E-state index contributed by atoms with van der Waals surface area (Å²) in [5.41, 5.74) is 5.92. The van der Waals surface area contributed by atoms with Gasteiger partial charge >= 0.3 is 0 Å². The number of aromatic nitrogens is 1. The highest BCUT2D eigenvalue weighted by Gasteiger charge is 2.47. The minimum absolute atomic E-state index is 0.245. The third kappa shape index (κ3) is 6.31. The molecule has 5 heterocycles. The van der Waals surface area contributed by atoms with Gasteiger partial charge in [-0.1, -0.05) is 36.5 Å². The molecular weight excluding hydrogens is 589 g/mol. The zero-order chi connectivity index (χ0) is 32.0. The molecule has 3 aromatic rings. The molecule has 1 aliphatic carbocycles. The van der Waals surface area contributed by atoms with Crippen LogP contribution in [0.5, 0.6) is 0 Å². The number of piperidine rings is 1. The van der Waals surface area contributed by atoms with Crippen molar-refractivity contribution in [1.82, 2.24) is 20.1 Å². The van der Waals surface area contributed by atoms with Gasteiger partial charge in [0.2, 0.25) is 11.8 Å². The number of aryl methyl sites for hydroxylation is 2. The maximum atomic E-state index is 14.0. The molecule has 7 rings (SSSR count). The highest BCUT2D eigenvalue weighted by molar-refractivity contribution is 7.19. The standard InChI is InChI=1S/C39H54N4O2S/c1-25-20-26(2)22-29(21-25)35-32(16-19-42-17-14-27(15-18-42)24-40-36(44)28-8-6-5-7-9-28)33-23-34(46-37(33)41-35)39(3,4)38(45)43-30-10-11-31(43)13-12-30/h20-23,27-28,30-31,41H,5-19,24H2,1-4H3,(H,40,44). The van der Waals surface area contributed by atoms with Gasteiger partial charge in [-0.05, 0) is 134 Å². The number of amides is 2. The number of hydrogen-bond acceptors (Lipinski definition) is 4. The first-order chi connectivity index (χ1) is 22.2. The highest BCUT2D eigenvalue weighted by Crippen LogP contribution is 2.44. The molecule has 4 fully saturated rings. The molecule has 0 spiro atoms. The molecule has 0 atom stereocenters. The van der Waals surface area contributed by atoms with Crippen LogP contribution in [0.4, 0.5) is 0 Å². The maximum absolute atomic E-state index is 14.0. The van der Waals surface area contributed by atoms with E-state index in [0.29, 0.717) is 29.8 Å². The van der Waals surface area contributed by atoms with Gasteiger partial charge in [-0.2, -0.15) is 0 Å². The van der Waals surface area contributed by atoms with Crippen LogP contribution in [-0.4, -0.2) is 64.9 Å². The van der Waals surface area contributed by atoms with Crippen LogP contribution in [0, 0.1) is 25.7 Å². The van der Waals surface area contributed by atoms with Gasteiger partial charge in [0.05, 0.1) is 11.1 Å². The molecule has 7 heteroatoms. The van der Waals surface area contributed by atoms with E-state index < -0.39 is 5.41 Å². The van der Waals surface area contributed by atoms with Crippen LogP contribution in [-0.2, 0) is 21.4 Å². The zero-order valence-electron chi connectivity index (χ0n) is 28.6. The summed E-state index contributed by atoms with van der Waals surface area (Å²) in [5, 5.41) is 4.60. The van der Waals surface area contributed by atoms with Gasteiger partial charge in [0.25, 0.3) is 0 Å². The summed E-state index contributed by atoms with van der Waals surface area (Å²) >= 11 is 1.78. The molecular formula is C39H54N4O2S. The molecule has 2 aromatic heterocycles. The van der Waals surface area contributed by atoms with Gasteiger partial charge in [0.1, 0.15) is 4.83 Å². The number of H-pyrrole nitrogens is 1. The molecule has 4 aliphatic rings. The lowest BCUT2D eigenvalue weighted by molar-refractivity contribution is -0.137. The van der Waals surface area contributed by atoms with Crippen LogP contribution >= 0.6 is 11.3 Å². The van der Waals surface area contributed by atoms with Crippen LogP contribution in [0.3, 0.4) is 0 Å². The lowest BCUT2D eigenvalue weighted by Crippen LogP contribution is -2.45. The summed E-state index contributed by atoms with van der Waals surface area (Å²) in [5.74, 6) is 1.44. The number of aromatic amines is 1. The Morgan fingerprint density at radius 2 is 1.54 bits per heavy atom. The molecule has 248 valence electrons. The quantitative estimate of drug-likeness (QED) is 0.249. The van der Waals surface area contributed by atoms with Gasteiger partial charge in [0, 0.05) is 41.4 Å². The second-order valence-corrected chi connectivity index (χ2v) is 16.7. The van der Waals surface area contributed by atoms with E-state index in [0.717, 1.165) is 58.3 Å². The molecule has 2 amide bonds. The molecule has 3 aliphatic heterocycles. The summed E-state index contributed by atoms with van der Waals surface area (Å²) in [6.07, 6.45) is 13.8. The largest absolute Gasteiger partial charge is 0.356 e. The number of fused-ring (bicyclic) bond motifs is 3. The highest BCUT2D eigenvalue weighted by atomic mass is 32.1. The van der Waals surface area contributed by atoms with Crippen molar-refractivity contribution in [2.24, 2.45) is 11.8 Å². The maximum Gasteiger partial charge on any atom is 0.233 e. The summed E-state index contributed by atoms with van der Waals surface area (Å²) in [7, 11) is 0. The normalized spacial score (nSPS) is 23.1. The molecule has 6 nitrogen and oxygen atoms in total. The van der Waals surface area contributed by atoms with E-state index >= 15 is 0 Å². The number of thiophene rings is 1. The number of benzene rings is 1. The van der Waals surface area contributed by atoms with Crippen molar-refractivity contribution >= 4 is 33.4 Å². The Morgan fingerprint density at radius 3 is 2.20 bits per heavy atom. The zero-order valence-corrected chi connectivity index (χ0v) is 29.4. The smallest absolute Gasteiger partial charge is 0.233 e. The number of nitrogens with zero attached hydrogens (tertiary/aromatic N) is 2. The summed E-state index contributed by atoms with van der Waals surface area (Å²) in [6.45, 7) is 12.7. The van der Waals surface area contributed by atoms with Crippen LogP contribution in [0.2, 0.25) is 0 Å². The lowest BCUT2D eigenvalue weighted by atomic mass is 9.88. The Hall–Kier alpha value is -2.64. The second-order valence-electron chi connectivity index (χ2n) is 15.6. The minimum Gasteiger partial charge on any atom is -0.356 e. The van der Waals surface area contributed by atoms with E-state index in [2.05, 4.69) is 72.1 Å². The monoisotopic (exact) mass is 642 g/mol. The minimum atomic E-state index is -0.526. The second kappa shape index (κ2) is 13.1. The van der Waals surface area contributed by atoms with E-state index in [1.165, 1.54) is 88.0 Å². The first-order valence-electron chi connectivity index (χ1n) is 18.2. The predicted molar refractivity (Wildman–Crippen MR) is 189 cm³/mol. The fourth-order valence-electron chi connectivity index (χ4n) is 9.08. The van der Waals surface area contributed by atoms with Gasteiger partial charge < -0.3 is 20.1 Å². The van der Waals surface area contributed by atoms with Crippen LogP contribution in [0.15, 0.2) is 24.3 Å². The van der Waals surface area contributed by atoms with Crippen molar-refractivity contribution < 1.29 is 9.59 Å². The van der Waals surface area contributed by atoms with Crippen molar-refractivity contribution in [3.63, 3.8) is 0 Å². The first kappa shape index (κ1) is 31.9. The Morgan fingerprint density at radius 1 is 0.891 bits per heavy atom. The Kier molecular flexibility index (Phi) is 9.10. The van der Waals surface area contributed by atoms with Crippen molar-refractivity contribution in [3.8, 4) is 11.3 Å². The average Bonchev–Trinajstić information content (AvgIpc) is 3.83. The van der Waals surface area contributed by atoms with Gasteiger partial charge in [-0.15, -0.1) is 11.3 Å². The number of likely N-dealkylation sites (tertiary alicyclic amines) is 1. The van der Waals surface area contributed by atoms with Crippen molar-refractivity contribution in [3.05, 3.63) is 45.8 Å². The lowest BCUT2D eigenvalue weighted by Gasteiger charge is -2.32. The van der Waals surface area contributed by atoms with Crippen LogP contribution in [0.25, 0.3) is 21.5 Å². The number of nitrogens with one attached hydrogen (secondary N) is 2. The third-order valence-electron chi connectivity index (χ3n) is 11.9. The topological polar surface area (TPSA) is 68.4 Å². The SMILES string of the molecule is Cc1cc(C)cc(-c2[nH]c3sc(C(C)(C)C(=O)N4C5CCC4CC5)cc3c2CCN2CCC(CNC(=O)C3CCCCC3)CC2)c1. The third-order valence-corrected chi connectivity index (χ3v) is 13.2. The number of hydrogen-bond donors (Lipinski definition) is 2. The molecule has 2 bridgehead atoms. The predicted octanol–water partition coefficient (Wildman–Crippen LogP) is 7.90. The van der Waals surface area contributed by atoms with Crippen molar-refractivity contribution in [1.29, 1.82) is 0 Å². The van der Waals surface area contributed by atoms with E-state index in [1.54, 1.807) is 11.3 Å². The Balaban J connectivity index is 1.06. The Bertz CT molecular complexity index is 1530. The molecule has 0 unspecified atom stereocenters. The summed E-state index contributed by atoms with van der Waals surface area (Å²) < 4.78 is 0. The Labute approximate surface area is 279 Å². The van der Waals surface area contributed by atoms with Gasteiger partial charge in [0.15, 0.2) is 0 Å². The molecule has 1 aromatic carbocycles. The molecule has 3 saturated heterocycles. The van der Waals surface area contributed by atoms with E-state index in [1.807, 2.05) is 0 Å². The van der Waals surface area contributed by atoms with E-state index in [9.17, 15) is 9.59 Å². The molecule has 0 radical (unpaired) electrons. The fourth-order valence-corrected chi connectivity index (χ4v) is 10.3. The number of carbonyl (C=O) groups excluding carboxylic acids is 2. The van der Waals surface area contributed by atoms with Gasteiger partial charge in [-0.3, -0.25) is 9.59 Å². The van der Waals surface area contributed by atoms with E-state index in [-0.39, 0.29) is 5.92 Å². The summed E-state index contributed by atoms with van der Waals surface area (Å²) in [6, 6.07) is 10.1. The van der Waals surface area contributed by atoms with Crippen LogP contribution < -0.4 is 5.32 Å². The van der Waals surface area contributed by atoms with E-state index in [4.69, 9.17) is 0 Å². The first-order valence-corrected chi connectivity index (χ1v) is 19.1. The molecule has 46 heavy (non-hydrogen) atoms. The van der Waals surface area contributed by atoms with Crippen LogP contribution in [0.1, 0.15) is 106 Å². The van der Waals surface area contributed by atoms with Crippen molar-refractivity contribution in [2.45, 2.75) is 122 Å². The molecule has 2 N–H and O–H groups in total. The van der Waals surface area contributed by atoms with Crippen molar-refractivity contribution in [2.75, 3.05) is 26.2 Å². The summed E-state index contributed by atoms with van der Waals surface area (Å²) in [4.78, 5) is 37.8. The molecule has 1 saturated carbocycles. The average molecular weight is 643 g/mol. The van der Waals surface area contributed by atoms with Gasteiger partial charge in [-0.25, -0.2) is 0 Å². The fraction of sp³-hybridized carbons (Fsp3) is 0.641. The number of rotatable bonds is 9.